The molecule has 0 fully saturated rings. The van der Waals surface area contributed by atoms with E-state index < -0.39 is 22.0 Å². The Morgan fingerprint density at radius 3 is 2.43 bits per heavy atom. The van der Waals surface area contributed by atoms with E-state index in [0.717, 1.165) is 27.1 Å². The molecule has 1 amide bonds. The van der Waals surface area contributed by atoms with Gasteiger partial charge < -0.3 is 10.1 Å². The zero-order valence-electron chi connectivity index (χ0n) is 16.7. The van der Waals surface area contributed by atoms with Crippen LogP contribution in [0.25, 0.3) is 10.8 Å². The van der Waals surface area contributed by atoms with E-state index in [1.165, 1.54) is 6.92 Å². The Hall–Kier alpha value is -2.77. The first kappa shape index (κ1) is 21.9. The van der Waals surface area contributed by atoms with E-state index in [2.05, 4.69) is 5.32 Å². The molecule has 0 heterocycles. The maximum atomic E-state index is 12.6. The van der Waals surface area contributed by atoms with Crippen molar-refractivity contribution in [3.8, 4) is 5.75 Å². The van der Waals surface area contributed by atoms with Gasteiger partial charge in [-0.1, -0.05) is 48.0 Å². The second-order valence-corrected chi connectivity index (χ2v) is 9.12. The van der Waals surface area contributed by atoms with Crippen molar-refractivity contribution in [2.75, 3.05) is 23.7 Å². The Labute approximate surface area is 181 Å². The topological polar surface area (TPSA) is 75.7 Å². The Balaban J connectivity index is 1.62. The molecule has 0 aliphatic heterocycles. The number of hydrogen-bond donors (Lipinski definition) is 1. The van der Waals surface area contributed by atoms with Crippen molar-refractivity contribution < 1.29 is 17.9 Å². The van der Waals surface area contributed by atoms with E-state index in [1.54, 1.807) is 24.3 Å². The van der Waals surface area contributed by atoms with Crippen LogP contribution in [-0.4, -0.2) is 39.8 Å². The second-order valence-electron chi connectivity index (χ2n) is 6.83. The van der Waals surface area contributed by atoms with Crippen LogP contribution in [0.3, 0.4) is 0 Å². The number of anilines is 1. The van der Waals surface area contributed by atoms with Gasteiger partial charge in [0.25, 0.3) is 0 Å². The molecule has 1 unspecified atom stereocenters. The lowest BCUT2D eigenvalue weighted by Gasteiger charge is -2.28. The van der Waals surface area contributed by atoms with Gasteiger partial charge in [0.2, 0.25) is 15.9 Å². The van der Waals surface area contributed by atoms with Crippen LogP contribution in [0.2, 0.25) is 5.02 Å². The Bertz CT molecular complexity index is 1130. The number of carbonyl (C=O) groups excluding carboxylic acids is 1. The van der Waals surface area contributed by atoms with Crippen LogP contribution in [0.1, 0.15) is 6.92 Å². The number of nitrogens with one attached hydrogen (secondary N) is 1. The number of hydrogen-bond acceptors (Lipinski definition) is 4. The highest BCUT2D eigenvalue weighted by Crippen LogP contribution is 2.25. The van der Waals surface area contributed by atoms with Crippen molar-refractivity contribution in [1.82, 2.24) is 5.32 Å². The Morgan fingerprint density at radius 2 is 1.73 bits per heavy atom. The first-order valence-electron chi connectivity index (χ1n) is 9.40. The van der Waals surface area contributed by atoms with Gasteiger partial charge in [-0.3, -0.25) is 9.10 Å². The molecule has 0 radical (unpaired) electrons. The molecule has 0 saturated carbocycles. The smallest absolute Gasteiger partial charge is 0.243 e. The molecule has 0 spiro atoms. The molecule has 0 bridgehead atoms. The van der Waals surface area contributed by atoms with E-state index in [9.17, 15) is 13.2 Å². The number of carbonyl (C=O) groups is 1. The minimum atomic E-state index is -3.67. The molecule has 6 nitrogen and oxygen atoms in total. The van der Waals surface area contributed by atoms with E-state index in [1.807, 2.05) is 42.5 Å². The summed E-state index contributed by atoms with van der Waals surface area (Å²) in [4.78, 5) is 12.6. The van der Waals surface area contributed by atoms with Gasteiger partial charge in [-0.2, -0.15) is 0 Å². The monoisotopic (exact) mass is 446 g/mol. The van der Waals surface area contributed by atoms with Gasteiger partial charge >= 0.3 is 0 Å². The van der Waals surface area contributed by atoms with Crippen molar-refractivity contribution in [2.24, 2.45) is 0 Å². The van der Waals surface area contributed by atoms with Crippen LogP contribution in [-0.2, 0) is 14.8 Å². The highest BCUT2D eigenvalue weighted by molar-refractivity contribution is 7.92. The summed E-state index contributed by atoms with van der Waals surface area (Å²) < 4.78 is 31.5. The molecule has 1 atom stereocenters. The Kier molecular flexibility index (Phi) is 6.84. The van der Waals surface area contributed by atoms with Crippen LogP contribution in [0, 0.1) is 0 Å². The molecule has 0 saturated heterocycles. The summed E-state index contributed by atoms with van der Waals surface area (Å²) in [6.07, 6.45) is 1.06. The SMILES string of the molecule is CC(C(=O)NCCOc1cccc2ccccc12)N(c1ccc(Cl)cc1)S(C)(=O)=O. The number of amides is 1. The summed E-state index contributed by atoms with van der Waals surface area (Å²) in [7, 11) is -3.67. The highest BCUT2D eigenvalue weighted by atomic mass is 35.5. The fourth-order valence-electron chi connectivity index (χ4n) is 3.20. The van der Waals surface area contributed by atoms with E-state index in [0.29, 0.717) is 10.7 Å². The number of halogens is 1. The zero-order valence-corrected chi connectivity index (χ0v) is 18.3. The van der Waals surface area contributed by atoms with Crippen LogP contribution in [0.4, 0.5) is 5.69 Å². The third-order valence-corrected chi connectivity index (χ3v) is 6.07. The standard InChI is InChI=1S/C22H23ClN2O4S/c1-16(25(30(2,27)28)19-12-10-18(23)11-13-19)22(26)24-14-15-29-21-9-5-7-17-6-3-4-8-20(17)21/h3-13,16H,14-15H2,1-2H3,(H,24,26). The lowest BCUT2D eigenvalue weighted by Crippen LogP contribution is -2.48. The average Bonchev–Trinajstić information content (AvgIpc) is 2.71. The number of fused-ring (bicyclic) bond motifs is 1. The second kappa shape index (κ2) is 9.36. The summed E-state index contributed by atoms with van der Waals surface area (Å²) >= 11 is 5.88. The van der Waals surface area contributed by atoms with E-state index >= 15 is 0 Å². The van der Waals surface area contributed by atoms with Crippen LogP contribution < -0.4 is 14.4 Å². The number of ether oxygens (including phenoxy) is 1. The number of rotatable bonds is 8. The predicted molar refractivity (Wildman–Crippen MR) is 121 cm³/mol. The van der Waals surface area contributed by atoms with Gasteiger partial charge in [-0.15, -0.1) is 0 Å². The van der Waals surface area contributed by atoms with Crippen LogP contribution in [0.5, 0.6) is 5.75 Å². The third kappa shape index (κ3) is 5.23. The third-order valence-electron chi connectivity index (χ3n) is 4.58. The average molecular weight is 447 g/mol. The fraction of sp³-hybridized carbons (Fsp3) is 0.227. The van der Waals surface area contributed by atoms with Crippen molar-refractivity contribution >= 4 is 44.0 Å². The van der Waals surface area contributed by atoms with Gasteiger partial charge in [-0.05, 0) is 42.6 Å². The van der Waals surface area contributed by atoms with Crippen molar-refractivity contribution in [2.45, 2.75) is 13.0 Å². The minimum absolute atomic E-state index is 0.241. The molecule has 0 aromatic heterocycles. The molecule has 30 heavy (non-hydrogen) atoms. The quantitative estimate of drug-likeness (QED) is 0.533. The van der Waals surface area contributed by atoms with Gasteiger partial charge in [-0.25, -0.2) is 8.42 Å². The van der Waals surface area contributed by atoms with Crippen molar-refractivity contribution in [1.29, 1.82) is 0 Å². The van der Waals surface area contributed by atoms with E-state index in [4.69, 9.17) is 16.3 Å². The Morgan fingerprint density at radius 1 is 1.07 bits per heavy atom. The summed E-state index contributed by atoms with van der Waals surface area (Å²) in [6, 6.07) is 19.0. The van der Waals surface area contributed by atoms with Crippen LogP contribution in [0.15, 0.2) is 66.7 Å². The highest BCUT2D eigenvalue weighted by Gasteiger charge is 2.28. The van der Waals surface area contributed by atoms with Gasteiger partial charge in [0.05, 0.1) is 18.5 Å². The predicted octanol–water partition coefficient (Wildman–Crippen LogP) is 3.84. The number of sulfonamides is 1. The molecule has 8 heteroatoms. The lowest BCUT2D eigenvalue weighted by atomic mass is 10.1. The summed E-state index contributed by atoms with van der Waals surface area (Å²) in [5.74, 6) is 0.311. The van der Waals surface area contributed by atoms with Crippen molar-refractivity contribution in [3.63, 3.8) is 0 Å². The normalized spacial score (nSPS) is 12.4. The minimum Gasteiger partial charge on any atom is -0.491 e. The van der Waals surface area contributed by atoms with Gasteiger partial charge in [0, 0.05) is 10.4 Å². The molecule has 3 aromatic carbocycles. The summed E-state index contributed by atoms with van der Waals surface area (Å²) in [5.41, 5.74) is 0.372. The van der Waals surface area contributed by atoms with Gasteiger partial charge in [0.15, 0.2) is 0 Å². The van der Waals surface area contributed by atoms with E-state index in [-0.39, 0.29) is 13.2 Å². The zero-order chi connectivity index (χ0) is 21.7. The molecular formula is C22H23ClN2O4S. The molecule has 3 rings (SSSR count). The molecule has 0 aliphatic carbocycles. The number of benzene rings is 3. The summed E-state index contributed by atoms with van der Waals surface area (Å²) in [5, 5.41) is 5.28. The lowest BCUT2D eigenvalue weighted by molar-refractivity contribution is -0.121. The molecule has 3 aromatic rings. The largest absolute Gasteiger partial charge is 0.491 e. The molecule has 0 aliphatic rings. The first-order valence-corrected chi connectivity index (χ1v) is 11.6. The molecule has 1 N–H and O–H groups in total. The maximum Gasteiger partial charge on any atom is 0.243 e. The van der Waals surface area contributed by atoms with Crippen molar-refractivity contribution in [3.05, 3.63) is 71.8 Å². The first-order chi connectivity index (χ1) is 14.3. The summed E-state index contributed by atoms with van der Waals surface area (Å²) in [6.45, 7) is 2.04. The maximum absolute atomic E-state index is 12.6. The fourth-order valence-corrected chi connectivity index (χ4v) is 4.50. The van der Waals surface area contributed by atoms with Crippen LogP contribution >= 0.6 is 11.6 Å². The van der Waals surface area contributed by atoms with Gasteiger partial charge in [0.1, 0.15) is 18.4 Å². The molecule has 158 valence electrons. The number of nitrogens with zero attached hydrogens (tertiary/aromatic N) is 1. The molecular weight excluding hydrogens is 424 g/mol.